The highest BCUT2D eigenvalue weighted by atomic mass is 16.4. The van der Waals surface area contributed by atoms with Crippen molar-refractivity contribution in [3.8, 4) is 0 Å². The Labute approximate surface area is 90.5 Å². The lowest BCUT2D eigenvalue weighted by atomic mass is 9.70. The Morgan fingerprint density at radius 3 is 2.73 bits per heavy atom. The van der Waals surface area contributed by atoms with Crippen molar-refractivity contribution >= 4 is 5.97 Å². The van der Waals surface area contributed by atoms with Gasteiger partial charge in [0.1, 0.15) is 0 Å². The molecule has 2 N–H and O–H groups in total. The average molecular weight is 212 g/mol. The van der Waals surface area contributed by atoms with E-state index >= 15 is 0 Å². The summed E-state index contributed by atoms with van der Waals surface area (Å²) in [6.07, 6.45) is 7.42. The molecule has 2 saturated carbocycles. The van der Waals surface area contributed by atoms with Gasteiger partial charge in [-0.1, -0.05) is 12.8 Å². The van der Waals surface area contributed by atoms with Crippen LogP contribution in [0.25, 0.3) is 0 Å². The van der Waals surface area contributed by atoms with E-state index in [1.54, 1.807) is 0 Å². The summed E-state index contributed by atoms with van der Waals surface area (Å²) in [7, 11) is 0. The van der Waals surface area contributed by atoms with Crippen molar-refractivity contribution in [2.24, 2.45) is 11.3 Å². The zero-order valence-corrected chi connectivity index (χ0v) is 9.11. The lowest BCUT2D eigenvalue weighted by molar-refractivity contribution is -0.138. The number of hydrogen-bond acceptors (Lipinski definition) is 2. The van der Waals surface area contributed by atoms with Crippen LogP contribution >= 0.6 is 0 Å². The van der Waals surface area contributed by atoms with Crippen LogP contribution in [0.2, 0.25) is 0 Å². The number of carboxylic acids is 1. The molecule has 15 heavy (non-hydrogen) atoms. The molecule has 0 aromatic rings. The van der Waals surface area contributed by atoms with Crippen molar-refractivity contribution in [3.63, 3.8) is 0 Å². The molecule has 0 heterocycles. The Morgan fingerprint density at radius 2 is 2.07 bits per heavy atom. The SMILES string of the molecule is O=C(O)C[C@H]1CC[C@@]2(CCCCC2O)C1. The van der Waals surface area contributed by atoms with Crippen molar-refractivity contribution in [3.05, 3.63) is 0 Å². The summed E-state index contributed by atoms with van der Waals surface area (Å²) in [5.74, 6) is -0.391. The number of aliphatic hydroxyl groups is 1. The van der Waals surface area contributed by atoms with Crippen molar-refractivity contribution in [1.29, 1.82) is 0 Å². The third-order valence-electron chi connectivity index (χ3n) is 4.32. The lowest BCUT2D eigenvalue weighted by Crippen LogP contribution is -2.36. The molecule has 0 aromatic heterocycles. The first-order chi connectivity index (χ1) is 7.12. The molecule has 1 spiro atoms. The Balaban J connectivity index is 1.97. The molecular weight excluding hydrogens is 192 g/mol. The Bertz CT molecular complexity index is 251. The van der Waals surface area contributed by atoms with E-state index in [2.05, 4.69) is 0 Å². The Hall–Kier alpha value is -0.570. The number of carbonyl (C=O) groups is 1. The van der Waals surface area contributed by atoms with Crippen LogP contribution in [0.15, 0.2) is 0 Å². The van der Waals surface area contributed by atoms with E-state index in [1.165, 1.54) is 6.42 Å². The van der Waals surface area contributed by atoms with Gasteiger partial charge in [-0.3, -0.25) is 4.79 Å². The van der Waals surface area contributed by atoms with E-state index in [-0.39, 0.29) is 17.9 Å². The fraction of sp³-hybridized carbons (Fsp3) is 0.917. The van der Waals surface area contributed by atoms with E-state index < -0.39 is 5.97 Å². The molecule has 2 aliphatic rings. The highest BCUT2D eigenvalue weighted by Gasteiger charge is 2.45. The third-order valence-corrected chi connectivity index (χ3v) is 4.32. The molecule has 0 aromatic carbocycles. The summed E-state index contributed by atoms with van der Waals surface area (Å²) in [5, 5.41) is 18.8. The molecule has 0 bridgehead atoms. The normalized spacial score (nSPS) is 40.9. The molecule has 86 valence electrons. The van der Waals surface area contributed by atoms with Gasteiger partial charge < -0.3 is 10.2 Å². The van der Waals surface area contributed by atoms with Gasteiger partial charge in [-0.2, -0.15) is 0 Å². The zero-order valence-electron chi connectivity index (χ0n) is 9.11. The molecular formula is C12H20O3. The van der Waals surface area contributed by atoms with E-state index in [0.29, 0.717) is 5.92 Å². The predicted molar refractivity (Wildman–Crippen MR) is 56.5 cm³/mol. The maximum absolute atomic E-state index is 10.6. The van der Waals surface area contributed by atoms with Gasteiger partial charge in [0.25, 0.3) is 0 Å². The number of hydrogen-bond donors (Lipinski definition) is 2. The van der Waals surface area contributed by atoms with Gasteiger partial charge in [-0.05, 0) is 43.4 Å². The first kappa shape index (κ1) is 10.9. The fourth-order valence-corrected chi connectivity index (χ4v) is 3.51. The highest BCUT2D eigenvalue weighted by molar-refractivity contribution is 5.67. The molecule has 3 nitrogen and oxygen atoms in total. The molecule has 0 radical (unpaired) electrons. The molecule has 0 amide bonds. The fourth-order valence-electron chi connectivity index (χ4n) is 3.51. The van der Waals surface area contributed by atoms with Gasteiger partial charge in [0.15, 0.2) is 0 Å². The van der Waals surface area contributed by atoms with Crippen molar-refractivity contribution in [2.45, 2.75) is 57.5 Å². The first-order valence-corrected chi connectivity index (χ1v) is 6.02. The van der Waals surface area contributed by atoms with Gasteiger partial charge in [0.05, 0.1) is 6.10 Å². The average Bonchev–Trinajstić information content (AvgIpc) is 2.55. The second kappa shape index (κ2) is 4.12. The smallest absolute Gasteiger partial charge is 0.303 e. The molecule has 3 atom stereocenters. The summed E-state index contributed by atoms with van der Waals surface area (Å²) >= 11 is 0. The van der Waals surface area contributed by atoms with Crippen LogP contribution in [-0.2, 0) is 4.79 Å². The minimum absolute atomic E-state index is 0.0817. The molecule has 2 aliphatic carbocycles. The van der Waals surface area contributed by atoms with E-state index in [4.69, 9.17) is 5.11 Å². The van der Waals surface area contributed by atoms with E-state index in [9.17, 15) is 9.90 Å². The second-order valence-electron chi connectivity index (χ2n) is 5.33. The lowest BCUT2D eigenvalue weighted by Gasteiger charge is -2.38. The molecule has 2 fully saturated rings. The number of carboxylic acid groups (broad SMARTS) is 1. The Kier molecular flexibility index (Phi) is 3.01. The first-order valence-electron chi connectivity index (χ1n) is 6.02. The second-order valence-corrected chi connectivity index (χ2v) is 5.33. The largest absolute Gasteiger partial charge is 0.481 e. The van der Waals surface area contributed by atoms with Crippen molar-refractivity contribution in [2.75, 3.05) is 0 Å². The van der Waals surface area contributed by atoms with Gasteiger partial charge in [-0.15, -0.1) is 0 Å². The summed E-state index contributed by atoms with van der Waals surface area (Å²) in [6, 6.07) is 0. The quantitative estimate of drug-likeness (QED) is 0.737. The molecule has 0 saturated heterocycles. The maximum Gasteiger partial charge on any atom is 0.303 e. The van der Waals surface area contributed by atoms with Crippen LogP contribution in [0.5, 0.6) is 0 Å². The Morgan fingerprint density at radius 1 is 1.27 bits per heavy atom. The molecule has 0 aliphatic heterocycles. The van der Waals surface area contributed by atoms with Crippen LogP contribution in [0, 0.1) is 11.3 Å². The van der Waals surface area contributed by atoms with Gasteiger partial charge in [0, 0.05) is 6.42 Å². The summed E-state index contributed by atoms with van der Waals surface area (Å²) in [4.78, 5) is 10.6. The van der Waals surface area contributed by atoms with Crippen molar-refractivity contribution < 1.29 is 15.0 Å². The number of rotatable bonds is 2. The molecule has 3 heteroatoms. The van der Waals surface area contributed by atoms with Gasteiger partial charge in [-0.25, -0.2) is 0 Å². The summed E-state index contributed by atoms with van der Waals surface area (Å²) in [5.41, 5.74) is 0.0817. The summed E-state index contributed by atoms with van der Waals surface area (Å²) < 4.78 is 0. The van der Waals surface area contributed by atoms with Crippen LogP contribution in [0.4, 0.5) is 0 Å². The van der Waals surface area contributed by atoms with Gasteiger partial charge >= 0.3 is 5.97 Å². The number of aliphatic hydroxyl groups excluding tert-OH is 1. The van der Waals surface area contributed by atoms with Crippen molar-refractivity contribution in [1.82, 2.24) is 0 Å². The maximum atomic E-state index is 10.6. The number of aliphatic carboxylic acids is 1. The van der Waals surface area contributed by atoms with Crippen LogP contribution < -0.4 is 0 Å². The van der Waals surface area contributed by atoms with Crippen LogP contribution in [0.3, 0.4) is 0 Å². The van der Waals surface area contributed by atoms with Crippen LogP contribution in [0.1, 0.15) is 51.4 Å². The van der Waals surface area contributed by atoms with Crippen LogP contribution in [-0.4, -0.2) is 22.3 Å². The predicted octanol–water partition coefficient (Wildman–Crippen LogP) is 2.18. The van der Waals surface area contributed by atoms with E-state index in [1.807, 2.05) is 0 Å². The zero-order chi connectivity index (χ0) is 10.9. The van der Waals surface area contributed by atoms with Gasteiger partial charge in [0.2, 0.25) is 0 Å². The topological polar surface area (TPSA) is 57.5 Å². The highest BCUT2D eigenvalue weighted by Crippen LogP contribution is 2.52. The van der Waals surface area contributed by atoms with E-state index in [0.717, 1.165) is 38.5 Å². The monoisotopic (exact) mass is 212 g/mol. The minimum atomic E-state index is -0.692. The summed E-state index contributed by atoms with van der Waals surface area (Å²) in [6.45, 7) is 0. The molecule has 2 rings (SSSR count). The molecule has 1 unspecified atom stereocenters. The standard InChI is InChI=1S/C12H20O3/c13-10-3-1-2-5-12(10)6-4-9(8-12)7-11(14)15/h9-10,13H,1-8H2,(H,14,15)/t9-,10?,12+/m1/s1. The minimum Gasteiger partial charge on any atom is -0.481 e. The third kappa shape index (κ3) is 2.17.